The normalized spacial score (nSPS) is 29.2. The molecule has 31 heavy (non-hydrogen) atoms. The van der Waals surface area contributed by atoms with Crippen molar-refractivity contribution in [3.63, 3.8) is 0 Å². The van der Waals surface area contributed by atoms with Gasteiger partial charge in [0.05, 0.1) is 17.7 Å². The molecule has 5 nitrogen and oxygen atoms in total. The molecule has 3 rings (SSSR count). The van der Waals surface area contributed by atoms with E-state index in [0.29, 0.717) is 17.9 Å². The van der Waals surface area contributed by atoms with Crippen molar-refractivity contribution in [1.82, 2.24) is 5.32 Å². The minimum Gasteiger partial charge on any atom is -0.372 e. The lowest BCUT2D eigenvalue weighted by molar-refractivity contribution is -0.124. The highest BCUT2D eigenvalue weighted by molar-refractivity contribution is 5.88. The maximum absolute atomic E-state index is 12.0. The van der Waals surface area contributed by atoms with Gasteiger partial charge in [-0.2, -0.15) is 0 Å². The van der Waals surface area contributed by atoms with E-state index < -0.39 is 0 Å². The number of benzene rings is 1. The van der Waals surface area contributed by atoms with E-state index in [9.17, 15) is 9.59 Å². The number of hydrogen-bond acceptors (Lipinski definition) is 3. The molecule has 0 heterocycles. The molecule has 0 bridgehead atoms. The molecule has 172 valence electrons. The highest BCUT2D eigenvalue weighted by atomic mass is 16.5. The molecule has 1 unspecified atom stereocenters. The zero-order valence-electron chi connectivity index (χ0n) is 20.1. The van der Waals surface area contributed by atoms with Crippen molar-refractivity contribution in [3.8, 4) is 0 Å². The van der Waals surface area contributed by atoms with E-state index in [1.54, 1.807) is 6.92 Å². The Morgan fingerprint density at radius 3 is 2.55 bits per heavy atom. The van der Waals surface area contributed by atoms with Crippen LogP contribution in [0.5, 0.6) is 0 Å². The average Bonchev–Trinajstić information content (AvgIpc) is 2.96. The van der Waals surface area contributed by atoms with Crippen LogP contribution in [0.25, 0.3) is 0 Å². The molecule has 2 aliphatic rings. The summed E-state index contributed by atoms with van der Waals surface area (Å²) in [7, 11) is 0. The molecule has 2 fully saturated rings. The Morgan fingerprint density at radius 2 is 1.90 bits per heavy atom. The molecule has 5 atom stereocenters. The third kappa shape index (κ3) is 5.88. The van der Waals surface area contributed by atoms with E-state index >= 15 is 0 Å². The first kappa shape index (κ1) is 23.8. The lowest BCUT2D eigenvalue weighted by Crippen LogP contribution is -2.44. The lowest BCUT2D eigenvalue weighted by Gasteiger charge is -2.47. The Morgan fingerprint density at radius 1 is 1.16 bits per heavy atom. The Balaban J connectivity index is 1.80. The van der Waals surface area contributed by atoms with Crippen LogP contribution in [0, 0.1) is 17.3 Å². The molecular weight excluding hydrogens is 388 g/mol. The van der Waals surface area contributed by atoms with E-state index in [2.05, 4.69) is 38.3 Å². The number of carbonyl (C=O) groups is 2. The van der Waals surface area contributed by atoms with Gasteiger partial charge in [0.15, 0.2) is 0 Å². The van der Waals surface area contributed by atoms with Gasteiger partial charge in [-0.3, -0.25) is 9.59 Å². The van der Waals surface area contributed by atoms with Gasteiger partial charge in [-0.15, -0.1) is 0 Å². The van der Waals surface area contributed by atoms with Gasteiger partial charge in [-0.1, -0.05) is 31.9 Å². The number of nitrogens with one attached hydrogen (secondary N) is 2. The number of anilines is 1. The number of fused-ring (bicyclic) bond motifs is 1. The second kappa shape index (κ2) is 9.32. The molecule has 0 aromatic heterocycles. The Kier molecular flexibility index (Phi) is 7.14. The fourth-order valence-electron chi connectivity index (χ4n) is 6.06. The van der Waals surface area contributed by atoms with Gasteiger partial charge in [-0.25, -0.2) is 0 Å². The van der Waals surface area contributed by atoms with E-state index in [1.165, 1.54) is 32.6 Å². The first-order valence-corrected chi connectivity index (χ1v) is 11.8. The summed E-state index contributed by atoms with van der Waals surface area (Å²) in [5, 5.41) is 6.04. The van der Waals surface area contributed by atoms with Crippen molar-refractivity contribution < 1.29 is 14.3 Å². The Hall–Kier alpha value is -1.88. The smallest absolute Gasteiger partial charge is 0.221 e. The minimum atomic E-state index is -0.127. The molecule has 0 saturated heterocycles. The topological polar surface area (TPSA) is 67.4 Å². The Labute approximate surface area is 187 Å². The summed E-state index contributed by atoms with van der Waals surface area (Å²) in [4.78, 5) is 23.5. The predicted octanol–water partition coefficient (Wildman–Crippen LogP) is 5.61. The Bertz CT molecular complexity index is 800. The number of ether oxygens (including phenoxy) is 1. The molecule has 5 heteroatoms. The van der Waals surface area contributed by atoms with E-state index in [-0.39, 0.29) is 28.9 Å². The van der Waals surface area contributed by atoms with Gasteiger partial charge in [0, 0.05) is 19.5 Å². The maximum Gasteiger partial charge on any atom is 0.221 e. The first-order valence-electron chi connectivity index (χ1n) is 11.8. The van der Waals surface area contributed by atoms with Crippen LogP contribution in [0.2, 0.25) is 0 Å². The molecule has 2 saturated carbocycles. The van der Waals surface area contributed by atoms with Crippen molar-refractivity contribution >= 4 is 17.5 Å². The monoisotopic (exact) mass is 428 g/mol. The predicted molar refractivity (Wildman–Crippen MR) is 125 cm³/mol. The number of rotatable bonds is 6. The van der Waals surface area contributed by atoms with Crippen molar-refractivity contribution in [3.05, 3.63) is 29.8 Å². The van der Waals surface area contributed by atoms with Gasteiger partial charge in [0.2, 0.25) is 11.8 Å². The zero-order chi connectivity index (χ0) is 22.8. The molecule has 0 aliphatic heterocycles. The molecular formula is C26H40N2O3. The highest BCUT2D eigenvalue weighted by Gasteiger charge is 2.52. The molecule has 1 aromatic rings. The van der Waals surface area contributed by atoms with Crippen molar-refractivity contribution in [2.45, 2.75) is 97.8 Å². The largest absolute Gasteiger partial charge is 0.372 e. The van der Waals surface area contributed by atoms with Crippen molar-refractivity contribution in [2.24, 2.45) is 17.3 Å². The second-order valence-corrected chi connectivity index (χ2v) is 10.9. The summed E-state index contributed by atoms with van der Waals surface area (Å²) in [6, 6.07) is 7.82. The maximum atomic E-state index is 12.0. The fraction of sp³-hybridized carbons (Fsp3) is 0.692. The third-order valence-corrected chi connectivity index (χ3v) is 7.20. The van der Waals surface area contributed by atoms with Gasteiger partial charge >= 0.3 is 0 Å². The molecule has 2 N–H and O–H groups in total. The molecule has 1 aromatic carbocycles. The quantitative estimate of drug-likeness (QED) is 0.618. The van der Waals surface area contributed by atoms with Crippen LogP contribution in [0.3, 0.4) is 0 Å². The summed E-state index contributed by atoms with van der Waals surface area (Å²) >= 11 is 0. The lowest BCUT2D eigenvalue weighted by atomic mass is 9.62. The summed E-state index contributed by atoms with van der Waals surface area (Å²) in [5.74, 6) is 1.05. The van der Waals surface area contributed by atoms with Crippen LogP contribution >= 0.6 is 0 Å². The minimum absolute atomic E-state index is 0.0196. The molecule has 0 spiro atoms. The summed E-state index contributed by atoms with van der Waals surface area (Å²) in [6.45, 7) is 12.0. The average molecular weight is 429 g/mol. The van der Waals surface area contributed by atoms with Crippen molar-refractivity contribution in [1.29, 1.82) is 0 Å². The second-order valence-electron chi connectivity index (χ2n) is 10.9. The van der Waals surface area contributed by atoms with E-state index in [4.69, 9.17) is 4.74 Å². The molecule has 0 radical (unpaired) electrons. The number of hydrogen-bond donors (Lipinski definition) is 2. The van der Waals surface area contributed by atoms with Crippen LogP contribution in [-0.4, -0.2) is 23.5 Å². The summed E-state index contributed by atoms with van der Waals surface area (Å²) < 4.78 is 6.52. The van der Waals surface area contributed by atoms with E-state index in [0.717, 1.165) is 24.1 Å². The first-order chi connectivity index (χ1) is 14.5. The van der Waals surface area contributed by atoms with Crippen LogP contribution in [0.4, 0.5) is 5.69 Å². The molecule has 2 amide bonds. The van der Waals surface area contributed by atoms with Crippen LogP contribution in [0.15, 0.2) is 24.3 Å². The van der Waals surface area contributed by atoms with Gasteiger partial charge in [0.25, 0.3) is 0 Å². The SMILES string of the molecule is CC(=O)Nc1cccc(C(C[C@@H]2CCC[C@]3(C)[C@@H](OC(C)(C)C)CC[C@@H]23)NC(C)=O)c1. The molecule has 2 aliphatic carbocycles. The van der Waals surface area contributed by atoms with Crippen LogP contribution < -0.4 is 10.6 Å². The summed E-state index contributed by atoms with van der Waals surface area (Å²) in [5.41, 5.74) is 1.90. The van der Waals surface area contributed by atoms with Gasteiger partial charge < -0.3 is 15.4 Å². The van der Waals surface area contributed by atoms with E-state index in [1.807, 2.05) is 24.3 Å². The highest BCUT2D eigenvalue weighted by Crippen LogP contribution is 2.57. The van der Waals surface area contributed by atoms with Crippen LogP contribution in [-0.2, 0) is 14.3 Å². The summed E-state index contributed by atoms with van der Waals surface area (Å²) in [6.07, 6.45) is 7.18. The zero-order valence-corrected chi connectivity index (χ0v) is 20.1. The standard InChI is InChI=1S/C26H40N2O3/c1-17(29)27-21-11-7-9-20(15-21)23(28-18(2)30)16-19-10-8-14-26(6)22(19)12-13-24(26)31-25(3,4)5/h7,9,11,15,19,22-24H,8,10,12-14,16H2,1-6H3,(H,27,29)(H,28,30)/t19-,22-,23?,24-,26-/m0/s1. The third-order valence-electron chi connectivity index (χ3n) is 7.20. The van der Waals surface area contributed by atoms with Crippen molar-refractivity contribution in [2.75, 3.05) is 5.32 Å². The van der Waals surface area contributed by atoms with Crippen LogP contribution in [0.1, 0.15) is 91.7 Å². The van der Waals surface area contributed by atoms with Gasteiger partial charge in [-0.05, 0) is 81.4 Å². The number of amides is 2. The number of carbonyl (C=O) groups excluding carboxylic acids is 2. The van der Waals surface area contributed by atoms with Gasteiger partial charge in [0.1, 0.15) is 0 Å². The fourth-order valence-corrected chi connectivity index (χ4v) is 6.06.